The van der Waals surface area contributed by atoms with E-state index in [9.17, 15) is 24.4 Å². The topological polar surface area (TPSA) is 182 Å². The number of hydrogen-bond acceptors (Lipinski definition) is 13. The summed E-state index contributed by atoms with van der Waals surface area (Å²) >= 11 is 1.22. The van der Waals surface area contributed by atoms with Gasteiger partial charge in [-0.25, -0.2) is 14.2 Å². The number of aromatic nitrogens is 2. The van der Waals surface area contributed by atoms with Gasteiger partial charge in [0, 0.05) is 19.2 Å². The second kappa shape index (κ2) is 15.7. The number of thioether (sulfide) groups is 1. The van der Waals surface area contributed by atoms with Crippen molar-refractivity contribution in [3.8, 4) is 0 Å². The molecule has 2 rings (SSSR count). The first kappa shape index (κ1) is 30.7. The molecule has 13 nitrogen and oxygen atoms in total. The smallest absolute Gasteiger partial charge is 0.464 e. The number of carbonyl (C=O) groups excluding carboxylic acids is 1. The Balaban J connectivity index is 1.97. The van der Waals surface area contributed by atoms with Crippen LogP contribution in [0.25, 0.3) is 0 Å². The van der Waals surface area contributed by atoms with Gasteiger partial charge in [0.05, 0.1) is 29.9 Å². The quantitative estimate of drug-likeness (QED) is 0.110. The van der Waals surface area contributed by atoms with Crippen LogP contribution in [0.4, 0.5) is 5.82 Å². The molecule has 1 aromatic rings. The predicted molar refractivity (Wildman–Crippen MR) is 132 cm³/mol. The van der Waals surface area contributed by atoms with Crippen molar-refractivity contribution < 1.29 is 42.6 Å². The van der Waals surface area contributed by atoms with Crippen LogP contribution in [0.5, 0.6) is 0 Å². The summed E-state index contributed by atoms with van der Waals surface area (Å²) in [5.41, 5.74) is 4.97. The van der Waals surface area contributed by atoms with Crippen molar-refractivity contribution >= 4 is 31.4 Å². The van der Waals surface area contributed by atoms with E-state index in [4.69, 9.17) is 28.8 Å². The van der Waals surface area contributed by atoms with Gasteiger partial charge in [0.25, 0.3) is 0 Å². The number of esters is 1. The zero-order valence-electron chi connectivity index (χ0n) is 20.5. The van der Waals surface area contributed by atoms with Gasteiger partial charge in [0.15, 0.2) is 12.9 Å². The Bertz CT molecular complexity index is 920. The number of nitrogens with zero attached hydrogens (tertiary/aromatic N) is 2. The fourth-order valence-electron chi connectivity index (χ4n) is 3.03. The number of phosphoric ester groups is 1. The highest BCUT2D eigenvalue weighted by Crippen LogP contribution is 2.51. The molecule has 4 N–H and O–H groups in total. The molecule has 1 aliphatic rings. The molecule has 15 heteroatoms. The molecule has 0 aliphatic carbocycles. The van der Waals surface area contributed by atoms with E-state index in [0.29, 0.717) is 6.42 Å². The molecule has 1 aromatic heterocycles. The maximum absolute atomic E-state index is 13.2. The Morgan fingerprint density at radius 3 is 2.69 bits per heavy atom. The van der Waals surface area contributed by atoms with Crippen molar-refractivity contribution in [1.29, 1.82) is 0 Å². The Kier molecular flexibility index (Phi) is 13.4. The van der Waals surface area contributed by atoms with Gasteiger partial charge in [-0.15, -0.1) is 11.8 Å². The van der Waals surface area contributed by atoms with Crippen LogP contribution in [0.3, 0.4) is 0 Å². The molecule has 0 radical (unpaired) electrons. The molecule has 0 amide bonds. The molecule has 0 spiro atoms. The summed E-state index contributed by atoms with van der Waals surface area (Å²) < 4.78 is 40.4. The average molecular weight is 554 g/mol. The molecular weight excluding hydrogens is 517 g/mol. The second-order valence-corrected chi connectivity index (χ2v) is 11.1. The lowest BCUT2D eigenvalue weighted by Crippen LogP contribution is -2.25. The molecule has 1 fully saturated rings. The Morgan fingerprint density at radius 1 is 1.28 bits per heavy atom. The molecule has 0 aromatic carbocycles. The van der Waals surface area contributed by atoms with Gasteiger partial charge >= 0.3 is 19.5 Å². The van der Waals surface area contributed by atoms with E-state index < -0.39 is 55.7 Å². The summed E-state index contributed by atoms with van der Waals surface area (Å²) in [5.74, 6) is -0.662. The van der Waals surface area contributed by atoms with Crippen LogP contribution in [0.2, 0.25) is 0 Å². The zero-order chi connectivity index (χ0) is 26.6. The Morgan fingerprint density at radius 2 is 2.00 bits per heavy atom. The fraction of sp³-hybridized carbons (Fsp3) is 0.762. The number of unbranched alkanes of at least 4 members (excludes halogenated alkanes) is 2. The number of carbonyl (C=O) groups is 1. The molecular formula is C21H36N3O10PS. The van der Waals surface area contributed by atoms with Crippen LogP contribution in [0.1, 0.15) is 51.3 Å². The van der Waals surface area contributed by atoms with Crippen molar-refractivity contribution in [2.75, 3.05) is 38.8 Å². The van der Waals surface area contributed by atoms with Crippen LogP contribution in [0.15, 0.2) is 17.1 Å². The number of nitrogens with two attached hydrogens (primary N) is 1. The van der Waals surface area contributed by atoms with Crippen molar-refractivity contribution in [3.05, 3.63) is 22.7 Å². The molecule has 0 saturated carbocycles. The minimum absolute atomic E-state index is 0.0870. The summed E-state index contributed by atoms with van der Waals surface area (Å²) in [6.07, 6.45) is 2.49. The van der Waals surface area contributed by atoms with Crippen LogP contribution in [-0.2, 0) is 32.4 Å². The largest absolute Gasteiger partial charge is 0.475 e. The van der Waals surface area contributed by atoms with E-state index in [-0.39, 0.29) is 32.1 Å². The molecule has 1 saturated heterocycles. The SMILES string of the molecule is CCCCOC(=O)COP(=O)(OCC(O)OCCCC)OC[C@H]1S[C@@H](n2ccc(N)nc2=O)C[C@H]1O. The maximum Gasteiger partial charge on any atom is 0.475 e. The summed E-state index contributed by atoms with van der Waals surface area (Å²) in [7, 11) is -4.35. The van der Waals surface area contributed by atoms with Crippen molar-refractivity contribution in [2.45, 2.75) is 69.0 Å². The second-order valence-electron chi connectivity index (χ2n) is 8.04. The monoisotopic (exact) mass is 553 g/mol. The number of aliphatic hydroxyl groups excluding tert-OH is 2. The Hall–Kier alpha value is -1.51. The number of aliphatic hydroxyl groups is 2. The number of ether oxygens (including phenoxy) is 2. The van der Waals surface area contributed by atoms with E-state index >= 15 is 0 Å². The van der Waals surface area contributed by atoms with E-state index in [1.807, 2.05) is 13.8 Å². The third-order valence-electron chi connectivity index (χ3n) is 5.05. The lowest BCUT2D eigenvalue weighted by atomic mass is 10.2. The third kappa shape index (κ3) is 10.5. The molecule has 2 heterocycles. The van der Waals surface area contributed by atoms with Gasteiger partial charge in [0.2, 0.25) is 0 Å². The Labute approximate surface area is 214 Å². The number of nitrogen functional groups attached to an aromatic ring is 1. The summed E-state index contributed by atoms with van der Waals surface area (Å²) in [6, 6.07) is 1.47. The molecule has 1 aliphatic heterocycles. The van der Waals surface area contributed by atoms with Crippen LogP contribution >= 0.6 is 19.6 Å². The van der Waals surface area contributed by atoms with Crippen molar-refractivity contribution in [2.24, 2.45) is 0 Å². The van der Waals surface area contributed by atoms with E-state index in [2.05, 4.69) is 4.98 Å². The molecule has 206 valence electrons. The van der Waals surface area contributed by atoms with Crippen LogP contribution < -0.4 is 11.4 Å². The van der Waals surface area contributed by atoms with E-state index in [1.165, 1.54) is 28.6 Å². The van der Waals surface area contributed by atoms with Gasteiger partial charge < -0.3 is 25.4 Å². The molecule has 36 heavy (non-hydrogen) atoms. The van der Waals surface area contributed by atoms with Gasteiger partial charge in [-0.2, -0.15) is 4.98 Å². The highest BCUT2D eigenvalue weighted by atomic mass is 32.2. The van der Waals surface area contributed by atoms with Gasteiger partial charge in [-0.05, 0) is 18.9 Å². The number of anilines is 1. The number of phosphoric acid groups is 1. The van der Waals surface area contributed by atoms with Crippen LogP contribution in [0, 0.1) is 0 Å². The fourth-order valence-corrected chi connectivity index (χ4v) is 5.71. The van der Waals surface area contributed by atoms with Gasteiger partial charge in [-0.1, -0.05) is 26.7 Å². The number of rotatable bonds is 17. The lowest BCUT2D eigenvalue weighted by Gasteiger charge is -2.22. The standard InChI is InChI=1S/C21H36N3O10PS/c1-3-5-9-30-19(26)13-33-35(29,34-14-20(27)31-10-6-4-2)32-12-16-15(25)11-18(36-16)24-8-7-17(22)23-21(24)28/h7-8,15-16,18-19,25-26H,3-6,9-14H2,1-2H3,(H2,22,23,28)/t15-,16-,18-,19?,35?/m1/s1. The first-order valence-electron chi connectivity index (χ1n) is 11.8. The first-order valence-corrected chi connectivity index (χ1v) is 14.2. The van der Waals surface area contributed by atoms with E-state index in [1.54, 1.807) is 0 Å². The summed E-state index contributed by atoms with van der Waals surface area (Å²) in [4.78, 5) is 27.7. The first-order chi connectivity index (χ1) is 17.2. The van der Waals surface area contributed by atoms with E-state index in [0.717, 1.165) is 19.3 Å². The maximum atomic E-state index is 13.2. The van der Waals surface area contributed by atoms with Gasteiger partial charge in [-0.3, -0.25) is 18.1 Å². The molecule has 0 bridgehead atoms. The minimum Gasteiger partial charge on any atom is -0.464 e. The normalized spacial score (nSPS) is 22.3. The minimum atomic E-state index is -4.35. The highest BCUT2D eigenvalue weighted by Gasteiger charge is 2.38. The van der Waals surface area contributed by atoms with Crippen molar-refractivity contribution in [3.63, 3.8) is 0 Å². The van der Waals surface area contributed by atoms with Crippen molar-refractivity contribution in [1.82, 2.24) is 9.55 Å². The van der Waals surface area contributed by atoms with Crippen LogP contribution in [-0.4, -0.2) is 76.4 Å². The third-order valence-corrected chi connectivity index (χ3v) is 7.96. The molecule has 5 atom stereocenters. The predicted octanol–water partition coefficient (Wildman–Crippen LogP) is 1.83. The summed E-state index contributed by atoms with van der Waals surface area (Å²) in [5, 5.41) is 19.4. The highest BCUT2D eigenvalue weighted by molar-refractivity contribution is 8.00. The van der Waals surface area contributed by atoms with Gasteiger partial charge in [0.1, 0.15) is 12.4 Å². The summed E-state index contributed by atoms with van der Waals surface area (Å²) in [6.45, 7) is 2.87. The zero-order valence-corrected chi connectivity index (χ0v) is 22.2. The average Bonchev–Trinajstić information content (AvgIpc) is 3.21. The number of hydrogen-bond donors (Lipinski definition) is 3. The molecule has 2 unspecified atom stereocenters. The lowest BCUT2D eigenvalue weighted by molar-refractivity contribution is -0.147.